The minimum absolute atomic E-state index is 0.780. The number of hydrogen-bond acceptors (Lipinski definition) is 1. The van der Waals surface area contributed by atoms with Gasteiger partial charge in [0.15, 0.2) is 0 Å². The zero-order chi connectivity index (χ0) is 9.14. The molecule has 1 heterocycles. The standard InChI is InChI=1S/C11H21N/c1-9(2)8-11-6-5-7-12(11)10(3)4/h9,11H,3,5-8H2,1-2,4H3. The Morgan fingerprint density at radius 1 is 1.58 bits per heavy atom. The number of allylic oxidation sites excluding steroid dienone is 1. The molecule has 0 aromatic carbocycles. The highest BCUT2D eigenvalue weighted by molar-refractivity contribution is 4.96. The fourth-order valence-electron chi connectivity index (χ4n) is 2.13. The molecule has 1 rings (SSSR count). The third-order valence-electron chi connectivity index (χ3n) is 2.61. The fourth-order valence-corrected chi connectivity index (χ4v) is 2.13. The molecule has 0 aliphatic carbocycles. The Kier molecular flexibility index (Phi) is 3.19. The van der Waals surface area contributed by atoms with Gasteiger partial charge >= 0.3 is 0 Å². The molecule has 0 saturated carbocycles. The first-order valence-corrected chi connectivity index (χ1v) is 5.03. The van der Waals surface area contributed by atoms with Crippen LogP contribution in [0.1, 0.15) is 40.0 Å². The van der Waals surface area contributed by atoms with Crippen LogP contribution in [0, 0.1) is 5.92 Å². The minimum atomic E-state index is 0.780. The summed E-state index contributed by atoms with van der Waals surface area (Å²) in [5.41, 5.74) is 1.25. The van der Waals surface area contributed by atoms with Crippen molar-refractivity contribution in [2.24, 2.45) is 5.92 Å². The molecule has 1 saturated heterocycles. The highest BCUT2D eigenvalue weighted by Gasteiger charge is 2.23. The Bertz CT molecular complexity index is 160. The van der Waals surface area contributed by atoms with Gasteiger partial charge in [-0.15, -0.1) is 0 Å². The van der Waals surface area contributed by atoms with Gasteiger partial charge < -0.3 is 4.90 Å². The molecular weight excluding hydrogens is 146 g/mol. The number of hydrogen-bond donors (Lipinski definition) is 0. The van der Waals surface area contributed by atoms with Crippen LogP contribution in [0.3, 0.4) is 0 Å². The monoisotopic (exact) mass is 167 g/mol. The lowest BCUT2D eigenvalue weighted by molar-refractivity contribution is 0.282. The molecule has 70 valence electrons. The molecule has 1 heteroatoms. The average molecular weight is 167 g/mol. The quantitative estimate of drug-likeness (QED) is 0.624. The van der Waals surface area contributed by atoms with E-state index in [4.69, 9.17) is 0 Å². The molecular formula is C11H21N. The lowest BCUT2D eigenvalue weighted by Gasteiger charge is -2.27. The van der Waals surface area contributed by atoms with Gasteiger partial charge in [0.2, 0.25) is 0 Å². The summed E-state index contributed by atoms with van der Waals surface area (Å²) >= 11 is 0. The normalized spacial score (nSPS) is 23.7. The molecule has 1 fully saturated rings. The first kappa shape index (κ1) is 9.63. The van der Waals surface area contributed by atoms with Crippen LogP contribution in [0.2, 0.25) is 0 Å². The van der Waals surface area contributed by atoms with E-state index < -0.39 is 0 Å². The van der Waals surface area contributed by atoms with E-state index in [9.17, 15) is 0 Å². The first-order valence-electron chi connectivity index (χ1n) is 5.03. The van der Waals surface area contributed by atoms with Crippen molar-refractivity contribution in [3.63, 3.8) is 0 Å². The number of likely N-dealkylation sites (tertiary alicyclic amines) is 1. The van der Waals surface area contributed by atoms with E-state index in [2.05, 4.69) is 32.3 Å². The van der Waals surface area contributed by atoms with Gasteiger partial charge in [-0.3, -0.25) is 0 Å². The van der Waals surface area contributed by atoms with Crippen molar-refractivity contribution in [2.75, 3.05) is 6.54 Å². The second-order valence-corrected chi connectivity index (χ2v) is 4.35. The third-order valence-corrected chi connectivity index (χ3v) is 2.61. The van der Waals surface area contributed by atoms with E-state index >= 15 is 0 Å². The summed E-state index contributed by atoms with van der Waals surface area (Å²) in [6.45, 7) is 12.0. The molecule has 1 atom stereocenters. The van der Waals surface area contributed by atoms with Gasteiger partial charge in [0.25, 0.3) is 0 Å². The topological polar surface area (TPSA) is 3.24 Å². The second-order valence-electron chi connectivity index (χ2n) is 4.35. The van der Waals surface area contributed by atoms with E-state index in [1.165, 1.54) is 31.5 Å². The molecule has 1 aliphatic rings. The van der Waals surface area contributed by atoms with Crippen molar-refractivity contribution in [1.29, 1.82) is 0 Å². The molecule has 0 radical (unpaired) electrons. The van der Waals surface area contributed by atoms with Gasteiger partial charge in [0.05, 0.1) is 0 Å². The van der Waals surface area contributed by atoms with E-state index in [0.717, 1.165) is 12.0 Å². The highest BCUT2D eigenvalue weighted by atomic mass is 15.2. The molecule has 1 aliphatic heterocycles. The lowest BCUT2D eigenvalue weighted by atomic mass is 10.0. The van der Waals surface area contributed by atoms with Gasteiger partial charge in [0.1, 0.15) is 0 Å². The van der Waals surface area contributed by atoms with Crippen LogP contribution in [-0.2, 0) is 0 Å². The molecule has 1 unspecified atom stereocenters. The Hall–Kier alpha value is -0.460. The van der Waals surface area contributed by atoms with Crippen molar-refractivity contribution >= 4 is 0 Å². The van der Waals surface area contributed by atoms with Gasteiger partial charge in [0, 0.05) is 18.3 Å². The van der Waals surface area contributed by atoms with E-state index in [0.29, 0.717) is 0 Å². The third kappa shape index (κ3) is 2.26. The summed E-state index contributed by atoms with van der Waals surface area (Å²) in [5.74, 6) is 0.815. The van der Waals surface area contributed by atoms with Gasteiger partial charge in [-0.25, -0.2) is 0 Å². The number of rotatable bonds is 3. The van der Waals surface area contributed by atoms with Crippen molar-refractivity contribution in [3.8, 4) is 0 Å². The second kappa shape index (κ2) is 3.97. The van der Waals surface area contributed by atoms with Crippen molar-refractivity contribution in [3.05, 3.63) is 12.3 Å². The number of nitrogens with zero attached hydrogens (tertiary/aromatic N) is 1. The smallest absolute Gasteiger partial charge is 0.0289 e. The van der Waals surface area contributed by atoms with Crippen LogP contribution in [0.15, 0.2) is 12.3 Å². The summed E-state index contributed by atoms with van der Waals surface area (Å²) in [7, 11) is 0. The maximum atomic E-state index is 4.02. The predicted molar refractivity (Wildman–Crippen MR) is 54.0 cm³/mol. The zero-order valence-corrected chi connectivity index (χ0v) is 8.64. The Morgan fingerprint density at radius 2 is 2.25 bits per heavy atom. The highest BCUT2D eigenvalue weighted by Crippen LogP contribution is 2.25. The Balaban J connectivity index is 2.46. The first-order chi connectivity index (χ1) is 5.61. The maximum absolute atomic E-state index is 4.02. The van der Waals surface area contributed by atoms with E-state index in [-0.39, 0.29) is 0 Å². The van der Waals surface area contributed by atoms with Crippen molar-refractivity contribution in [2.45, 2.75) is 46.1 Å². The average Bonchev–Trinajstić information content (AvgIpc) is 2.33. The predicted octanol–water partition coefficient (Wildman–Crippen LogP) is 3.03. The molecule has 12 heavy (non-hydrogen) atoms. The van der Waals surface area contributed by atoms with Crippen molar-refractivity contribution < 1.29 is 0 Å². The molecule has 0 bridgehead atoms. The largest absolute Gasteiger partial charge is 0.373 e. The van der Waals surface area contributed by atoms with Crippen molar-refractivity contribution in [1.82, 2.24) is 4.90 Å². The summed E-state index contributed by atoms with van der Waals surface area (Å²) in [5, 5.41) is 0. The van der Waals surface area contributed by atoms with Crippen LogP contribution in [-0.4, -0.2) is 17.5 Å². The van der Waals surface area contributed by atoms with E-state index in [1.807, 2.05) is 0 Å². The molecule has 0 aromatic rings. The summed E-state index contributed by atoms with van der Waals surface area (Å²) in [6, 6.07) is 0.780. The van der Waals surface area contributed by atoms with Gasteiger partial charge in [-0.05, 0) is 32.1 Å². The van der Waals surface area contributed by atoms with Crippen LogP contribution in [0.4, 0.5) is 0 Å². The molecule has 1 nitrogen and oxygen atoms in total. The SMILES string of the molecule is C=C(C)N1CCCC1CC(C)C. The Morgan fingerprint density at radius 3 is 2.75 bits per heavy atom. The van der Waals surface area contributed by atoms with Crippen LogP contribution in [0.5, 0.6) is 0 Å². The summed E-state index contributed by atoms with van der Waals surface area (Å²) < 4.78 is 0. The van der Waals surface area contributed by atoms with Crippen LogP contribution in [0.25, 0.3) is 0 Å². The van der Waals surface area contributed by atoms with Crippen LogP contribution >= 0.6 is 0 Å². The van der Waals surface area contributed by atoms with Crippen LogP contribution < -0.4 is 0 Å². The van der Waals surface area contributed by atoms with Gasteiger partial charge in [-0.2, -0.15) is 0 Å². The molecule has 0 N–H and O–H groups in total. The summed E-state index contributed by atoms with van der Waals surface area (Å²) in [4.78, 5) is 2.47. The molecule has 0 amide bonds. The lowest BCUT2D eigenvalue weighted by Crippen LogP contribution is -2.28. The van der Waals surface area contributed by atoms with E-state index in [1.54, 1.807) is 0 Å². The zero-order valence-electron chi connectivity index (χ0n) is 8.64. The maximum Gasteiger partial charge on any atom is 0.0289 e. The summed E-state index contributed by atoms with van der Waals surface area (Å²) in [6.07, 6.45) is 4.04. The minimum Gasteiger partial charge on any atom is -0.373 e. The van der Waals surface area contributed by atoms with Gasteiger partial charge in [-0.1, -0.05) is 20.4 Å². The molecule has 0 aromatic heterocycles. The molecule has 0 spiro atoms. The fraction of sp³-hybridized carbons (Fsp3) is 0.818. The Labute approximate surface area is 76.5 Å².